The highest BCUT2D eigenvalue weighted by Gasteiger charge is 2.36. The molecule has 0 amide bonds. The molecule has 0 spiro atoms. The maximum absolute atomic E-state index is 12.5. The van der Waals surface area contributed by atoms with Gasteiger partial charge in [0.15, 0.2) is 0 Å². The van der Waals surface area contributed by atoms with Gasteiger partial charge in [0, 0.05) is 24.2 Å². The third-order valence-electron chi connectivity index (χ3n) is 4.25. The maximum Gasteiger partial charge on any atom is 0.241 e. The molecule has 0 bridgehead atoms. The normalized spacial score (nSPS) is 20.4. The van der Waals surface area contributed by atoms with E-state index in [9.17, 15) is 8.42 Å². The van der Waals surface area contributed by atoms with Crippen LogP contribution in [0.5, 0.6) is 0 Å². The van der Waals surface area contributed by atoms with E-state index < -0.39 is 10.0 Å². The first-order valence-electron chi connectivity index (χ1n) is 7.47. The van der Waals surface area contributed by atoms with Crippen molar-refractivity contribution in [2.75, 3.05) is 13.1 Å². The summed E-state index contributed by atoms with van der Waals surface area (Å²) in [6, 6.07) is 8.59. The highest BCUT2D eigenvalue weighted by Crippen LogP contribution is 2.28. The third-order valence-corrected chi connectivity index (χ3v) is 5.90. The molecule has 1 aromatic carbocycles. The molecule has 1 aliphatic heterocycles. The SMILES string of the molecule is CC1(NS(=O)(=O)c2ccccc2)CCN(C(C)(C)C)CC1. The maximum atomic E-state index is 12.5. The Balaban J connectivity index is 2.07. The zero-order chi connectivity index (χ0) is 15.7. The van der Waals surface area contributed by atoms with Gasteiger partial charge in [0.05, 0.1) is 4.90 Å². The highest BCUT2D eigenvalue weighted by atomic mass is 32.2. The van der Waals surface area contributed by atoms with Gasteiger partial charge in [0.25, 0.3) is 0 Å². The third kappa shape index (κ3) is 4.05. The average Bonchev–Trinajstić information content (AvgIpc) is 2.38. The van der Waals surface area contributed by atoms with Crippen molar-refractivity contribution in [1.29, 1.82) is 0 Å². The highest BCUT2D eigenvalue weighted by molar-refractivity contribution is 7.89. The number of nitrogens with zero attached hydrogens (tertiary/aromatic N) is 1. The van der Waals surface area contributed by atoms with E-state index in [2.05, 4.69) is 30.4 Å². The number of benzene rings is 1. The smallest absolute Gasteiger partial charge is 0.241 e. The van der Waals surface area contributed by atoms with Crippen LogP contribution in [-0.4, -0.2) is 37.5 Å². The van der Waals surface area contributed by atoms with Gasteiger partial charge in [-0.25, -0.2) is 13.1 Å². The predicted molar refractivity (Wildman–Crippen MR) is 85.7 cm³/mol. The van der Waals surface area contributed by atoms with Gasteiger partial charge in [-0.05, 0) is 52.7 Å². The minimum atomic E-state index is -3.44. The zero-order valence-electron chi connectivity index (χ0n) is 13.4. The minimum Gasteiger partial charge on any atom is -0.298 e. The van der Waals surface area contributed by atoms with Crippen LogP contribution in [0, 0.1) is 0 Å². The Kier molecular flexibility index (Phi) is 4.47. The van der Waals surface area contributed by atoms with Gasteiger partial charge >= 0.3 is 0 Å². The topological polar surface area (TPSA) is 49.4 Å². The summed E-state index contributed by atoms with van der Waals surface area (Å²) in [4.78, 5) is 2.75. The van der Waals surface area contributed by atoms with Crippen LogP contribution >= 0.6 is 0 Å². The number of nitrogens with one attached hydrogen (secondary N) is 1. The molecule has 1 aliphatic rings. The van der Waals surface area contributed by atoms with E-state index in [4.69, 9.17) is 0 Å². The van der Waals surface area contributed by atoms with Crippen molar-refractivity contribution in [2.24, 2.45) is 0 Å². The standard InChI is InChI=1S/C16H26N2O2S/c1-15(2,3)18-12-10-16(4,11-13-18)17-21(19,20)14-8-6-5-7-9-14/h5-9,17H,10-13H2,1-4H3. The summed E-state index contributed by atoms with van der Waals surface area (Å²) in [6.07, 6.45) is 1.66. The molecule has 1 fully saturated rings. The summed E-state index contributed by atoms with van der Waals surface area (Å²) in [5.74, 6) is 0. The molecule has 1 aromatic rings. The van der Waals surface area contributed by atoms with E-state index in [0.29, 0.717) is 4.90 Å². The van der Waals surface area contributed by atoms with Gasteiger partial charge in [-0.3, -0.25) is 4.90 Å². The number of hydrogen-bond donors (Lipinski definition) is 1. The van der Waals surface area contributed by atoms with Gasteiger partial charge in [-0.2, -0.15) is 0 Å². The molecule has 0 unspecified atom stereocenters. The summed E-state index contributed by atoms with van der Waals surface area (Å²) >= 11 is 0. The molecule has 118 valence electrons. The minimum absolute atomic E-state index is 0.139. The van der Waals surface area contributed by atoms with Crippen molar-refractivity contribution in [3.63, 3.8) is 0 Å². The van der Waals surface area contributed by atoms with E-state index in [-0.39, 0.29) is 11.1 Å². The van der Waals surface area contributed by atoms with Crippen molar-refractivity contribution in [3.8, 4) is 0 Å². The Labute approximate surface area is 128 Å². The average molecular weight is 310 g/mol. The second kappa shape index (κ2) is 5.71. The molecule has 21 heavy (non-hydrogen) atoms. The Bertz CT molecular complexity index is 568. The van der Waals surface area contributed by atoms with E-state index in [1.165, 1.54) is 0 Å². The lowest BCUT2D eigenvalue weighted by Gasteiger charge is -2.45. The van der Waals surface area contributed by atoms with Crippen LogP contribution < -0.4 is 4.72 Å². The first-order valence-corrected chi connectivity index (χ1v) is 8.95. The lowest BCUT2D eigenvalue weighted by molar-refractivity contribution is 0.0769. The van der Waals surface area contributed by atoms with Crippen LogP contribution in [0.4, 0.5) is 0 Å². The van der Waals surface area contributed by atoms with Crippen LogP contribution in [0.25, 0.3) is 0 Å². The van der Waals surface area contributed by atoms with Crippen LogP contribution in [0.15, 0.2) is 35.2 Å². The number of hydrogen-bond acceptors (Lipinski definition) is 3. The fourth-order valence-corrected chi connectivity index (χ4v) is 4.24. The molecule has 0 aromatic heterocycles. The molecule has 1 saturated heterocycles. The molecule has 0 aliphatic carbocycles. The number of likely N-dealkylation sites (tertiary alicyclic amines) is 1. The fourth-order valence-electron chi connectivity index (χ4n) is 2.76. The van der Waals surface area contributed by atoms with E-state index >= 15 is 0 Å². The van der Waals surface area contributed by atoms with Crippen LogP contribution in [0.3, 0.4) is 0 Å². The van der Waals surface area contributed by atoms with Crippen molar-refractivity contribution < 1.29 is 8.42 Å². The predicted octanol–water partition coefficient (Wildman–Crippen LogP) is 2.62. The van der Waals surface area contributed by atoms with Gasteiger partial charge < -0.3 is 0 Å². The van der Waals surface area contributed by atoms with E-state index in [1.807, 2.05) is 13.0 Å². The molecule has 4 nitrogen and oxygen atoms in total. The Morgan fingerprint density at radius 3 is 2.10 bits per heavy atom. The lowest BCUT2D eigenvalue weighted by atomic mass is 9.88. The van der Waals surface area contributed by atoms with E-state index in [1.54, 1.807) is 24.3 Å². The van der Waals surface area contributed by atoms with Crippen molar-refractivity contribution in [2.45, 2.75) is 56.5 Å². The van der Waals surface area contributed by atoms with Crippen molar-refractivity contribution >= 4 is 10.0 Å². The van der Waals surface area contributed by atoms with Gasteiger partial charge in [-0.15, -0.1) is 0 Å². The zero-order valence-corrected chi connectivity index (χ0v) is 14.2. The lowest BCUT2D eigenvalue weighted by Crippen LogP contribution is -2.56. The molecule has 5 heteroatoms. The second-order valence-corrected chi connectivity index (χ2v) is 8.82. The molecule has 0 saturated carbocycles. The summed E-state index contributed by atoms with van der Waals surface area (Å²) in [5, 5.41) is 0. The first kappa shape index (κ1) is 16.5. The molecular formula is C16H26N2O2S. The van der Waals surface area contributed by atoms with Crippen molar-refractivity contribution in [3.05, 3.63) is 30.3 Å². The van der Waals surface area contributed by atoms with Gasteiger partial charge in [0.1, 0.15) is 0 Å². The summed E-state index contributed by atoms with van der Waals surface area (Å²) in [6.45, 7) is 10.4. The van der Waals surface area contributed by atoms with E-state index in [0.717, 1.165) is 25.9 Å². The first-order chi connectivity index (χ1) is 9.62. The van der Waals surface area contributed by atoms with Gasteiger partial charge in [0.2, 0.25) is 10.0 Å². The summed E-state index contributed by atoms with van der Waals surface area (Å²) in [5.41, 5.74) is -0.226. The summed E-state index contributed by atoms with van der Waals surface area (Å²) < 4.78 is 27.8. The molecule has 0 radical (unpaired) electrons. The van der Waals surface area contributed by atoms with Crippen LogP contribution in [-0.2, 0) is 10.0 Å². The number of piperidine rings is 1. The second-order valence-electron chi connectivity index (χ2n) is 7.14. The molecule has 2 rings (SSSR count). The van der Waals surface area contributed by atoms with Crippen LogP contribution in [0.2, 0.25) is 0 Å². The largest absolute Gasteiger partial charge is 0.298 e. The Morgan fingerprint density at radius 1 is 1.10 bits per heavy atom. The summed E-state index contributed by atoms with van der Waals surface area (Å²) in [7, 11) is -3.44. The Morgan fingerprint density at radius 2 is 1.62 bits per heavy atom. The fraction of sp³-hybridized carbons (Fsp3) is 0.625. The molecule has 1 heterocycles. The monoisotopic (exact) mass is 310 g/mol. The molecular weight excluding hydrogens is 284 g/mol. The molecule has 1 N–H and O–H groups in total. The Hall–Kier alpha value is -0.910. The number of rotatable bonds is 3. The molecule has 0 atom stereocenters. The number of sulfonamides is 1. The van der Waals surface area contributed by atoms with Gasteiger partial charge in [-0.1, -0.05) is 18.2 Å². The van der Waals surface area contributed by atoms with Crippen molar-refractivity contribution in [1.82, 2.24) is 9.62 Å². The van der Waals surface area contributed by atoms with Crippen LogP contribution in [0.1, 0.15) is 40.5 Å². The quantitative estimate of drug-likeness (QED) is 0.933.